The summed E-state index contributed by atoms with van der Waals surface area (Å²) in [6.45, 7) is 4.49. The Bertz CT molecular complexity index is 1190. The number of rotatable bonds is 5. The maximum absolute atomic E-state index is 12.6. The first kappa shape index (κ1) is 21.2. The van der Waals surface area contributed by atoms with Crippen molar-refractivity contribution in [2.24, 2.45) is 12.0 Å². The molecule has 10 nitrogen and oxygen atoms in total. The van der Waals surface area contributed by atoms with Crippen LogP contribution in [0.15, 0.2) is 23.2 Å². The molecule has 0 aliphatic carbocycles. The van der Waals surface area contributed by atoms with Gasteiger partial charge in [-0.3, -0.25) is 9.59 Å². The van der Waals surface area contributed by atoms with Gasteiger partial charge in [-0.2, -0.15) is 0 Å². The fourth-order valence-electron chi connectivity index (χ4n) is 3.23. The fourth-order valence-corrected chi connectivity index (χ4v) is 3.35. The number of anilines is 2. The third kappa shape index (κ3) is 3.81. The van der Waals surface area contributed by atoms with E-state index in [0.717, 1.165) is 16.9 Å². The third-order valence-electron chi connectivity index (χ3n) is 4.66. The summed E-state index contributed by atoms with van der Waals surface area (Å²) in [6.07, 6.45) is 1.46. The summed E-state index contributed by atoms with van der Waals surface area (Å²) in [4.78, 5) is 36.3. The van der Waals surface area contributed by atoms with Gasteiger partial charge in [-0.25, -0.2) is 24.1 Å². The first-order chi connectivity index (χ1) is 14.3. The van der Waals surface area contributed by atoms with Gasteiger partial charge in [-0.15, -0.1) is 0 Å². The molecular weight excluding hydrogens is 408 g/mol. The zero-order chi connectivity index (χ0) is 22.0. The third-order valence-corrected chi connectivity index (χ3v) is 4.94. The number of nitrogens with one attached hydrogen (secondary N) is 1. The first-order valence-electron chi connectivity index (χ1n) is 9.19. The Kier molecular flexibility index (Phi) is 5.97. The molecule has 0 saturated carbocycles. The minimum Gasteiger partial charge on any atom is -0.382 e. The molecule has 11 heteroatoms. The summed E-state index contributed by atoms with van der Waals surface area (Å²) < 4.78 is 3.95. The van der Waals surface area contributed by atoms with E-state index in [2.05, 4.69) is 20.3 Å². The summed E-state index contributed by atoms with van der Waals surface area (Å²) in [7, 11) is 1.88. The van der Waals surface area contributed by atoms with Crippen LogP contribution in [0, 0.1) is 0 Å². The average Bonchev–Trinajstić information content (AvgIpc) is 2.99. The van der Waals surface area contributed by atoms with Crippen molar-refractivity contribution in [1.29, 1.82) is 0 Å². The van der Waals surface area contributed by atoms with Crippen LogP contribution in [0.5, 0.6) is 0 Å². The SMILES string of the molecule is CC=NC(=O)c1ccc2c(c1)n(CC)c(CNC(=O)c1nc(Cl)c(N)nc1N)[n+]2C. The maximum atomic E-state index is 12.6. The Balaban J connectivity index is 1.94. The highest BCUT2D eigenvalue weighted by Gasteiger charge is 2.24. The molecule has 30 heavy (non-hydrogen) atoms. The highest BCUT2D eigenvalue weighted by molar-refractivity contribution is 6.31. The monoisotopic (exact) mass is 429 g/mol. The van der Waals surface area contributed by atoms with E-state index in [0.29, 0.717) is 12.1 Å². The summed E-state index contributed by atoms with van der Waals surface area (Å²) in [5.41, 5.74) is 13.5. The van der Waals surface area contributed by atoms with Crippen molar-refractivity contribution in [1.82, 2.24) is 19.9 Å². The van der Waals surface area contributed by atoms with E-state index in [1.165, 1.54) is 6.21 Å². The quantitative estimate of drug-likeness (QED) is 0.411. The second kappa shape index (κ2) is 8.46. The van der Waals surface area contributed by atoms with Gasteiger partial charge in [0.25, 0.3) is 17.6 Å². The smallest absolute Gasteiger partial charge is 0.276 e. The lowest BCUT2D eigenvalue weighted by Gasteiger charge is -2.07. The Hall–Kier alpha value is -3.53. The van der Waals surface area contributed by atoms with Crippen LogP contribution < -0.4 is 21.4 Å². The van der Waals surface area contributed by atoms with Crippen LogP contribution in [0.25, 0.3) is 11.0 Å². The van der Waals surface area contributed by atoms with Crippen LogP contribution in [0.3, 0.4) is 0 Å². The molecular formula is C19H22ClN8O2+. The number of nitrogens with two attached hydrogens (primary N) is 2. The van der Waals surface area contributed by atoms with E-state index in [1.54, 1.807) is 19.1 Å². The second-order valence-corrected chi connectivity index (χ2v) is 6.79. The number of carbonyl (C=O) groups is 2. The highest BCUT2D eigenvalue weighted by Crippen LogP contribution is 2.19. The number of imidazole rings is 1. The zero-order valence-electron chi connectivity index (χ0n) is 16.8. The van der Waals surface area contributed by atoms with E-state index in [4.69, 9.17) is 23.1 Å². The molecule has 0 spiro atoms. The summed E-state index contributed by atoms with van der Waals surface area (Å²) in [6, 6.07) is 5.38. The van der Waals surface area contributed by atoms with Gasteiger partial charge in [0, 0.05) is 17.8 Å². The van der Waals surface area contributed by atoms with Gasteiger partial charge in [-0.05, 0) is 26.0 Å². The molecule has 0 fully saturated rings. The predicted molar refractivity (Wildman–Crippen MR) is 114 cm³/mol. The molecule has 2 amide bonds. The molecule has 0 radical (unpaired) electrons. The van der Waals surface area contributed by atoms with Gasteiger partial charge in [0.15, 0.2) is 33.5 Å². The van der Waals surface area contributed by atoms with E-state index >= 15 is 0 Å². The largest absolute Gasteiger partial charge is 0.382 e. The van der Waals surface area contributed by atoms with Crippen molar-refractivity contribution in [3.05, 3.63) is 40.4 Å². The minimum absolute atomic E-state index is 0.0408. The highest BCUT2D eigenvalue weighted by atomic mass is 35.5. The Morgan fingerprint density at radius 1 is 1.30 bits per heavy atom. The van der Waals surface area contributed by atoms with E-state index < -0.39 is 5.91 Å². The maximum Gasteiger partial charge on any atom is 0.276 e. The number of nitrogens with zero attached hydrogens (tertiary/aromatic N) is 5. The van der Waals surface area contributed by atoms with Crippen molar-refractivity contribution in [3.8, 4) is 0 Å². The van der Waals surface area contributed by atoms with Gasteiger partial charge in [0.05, 0.1) is 13.6 Å². The standard InChI is InChI=1S/C19H21ClN8O2/c1-4-23-18(29)10-6-7-11-12(8-10)28(5-2)13(27(11)3)9-24-19(30)14-16(21)26-17(22)15(20)25-14/h4,6-8H,5,9H2,1-3H3,(H4-,21,22,24,26,30)/p+1. The van der Waals surface area contributed by atoms with Crippen molar-refractivity contribution < 1.29 is 14.2 Å². The van der Waals surface area contributed by atoms with Gasteiger partial charge in [0.1, 0.15) is 6.54 Å². The number of aliphatic imine (C=N–C) groups is 1. The molecule has 0 bridgehead atoms. The number of carbonyl (C=O) groups excluding carboxylic acids is 2. The summed E-state index contributed by atoms with van der Waals surface area (Å²) in [5.74, 6) is -0.161. The number of aromatic nitrogens is 4. The van der Waals surface area contributed by atoms with Gasteiger partial charge in [-0.1, -0.05) is 11.6 Å². The molecule has 156 valence electrons. The molecule has 0 atom stereocenters. The number of fused-ring (bicyclic) bond motifs is 1. The Morgan fingerprint density at radius 2 is 2.03 bits per heavy atom. The van der Waals surface area contributed by atoms with Gasteiger partial charge < -0.3 is 16.8 Å². The van der Waals surface area contributed by atoms with Crippen LogP contribution in [-0.2, 0) is 20.1 Å². The number of nitrogen functional groups attached to an aromatic ring is 2. The zero-order valence-corrected chi connectivity index (χ0v) is 17.6. The summed E-state index contributed by atoms with van der Waals surface area (Å²) >= 11 is 5.86. The molecule has 0 unspecified atom stereocenters. The molecule has 0 aliphatic rings. The predicted octanol–water partition coefficient (Wildman–Crippen LogP) is 1.25. The molecule has 0 saturated heterocycles. The molecule has 2 heterocycles. The lowest BCUT2D eigenvalue weighted by molar-refractivity contribution is -0.654. The number of benzene rings is 1. The molecule has 0 aliphatic heterocycles. The van der Waals surface area contributed by atoms with E-state index in [1.807, 2.05) is 29.2 Å². The van der Waals surface area contributed by atoms with Crippen LogP contribution in [0.1, 0.15) is 40.5 Å². The normalized spacial score (nSPS) is 11.3. The molecule has 5 N–H and O–H groups in total. The molecule has 3 aromatic rings. The first-order valence-corrected chi connectivity index (χ1v) is 9.57. The number of aryl methyl sites for hydroxylation is 2. The molecule has 3 rings (SSSR count). The minimum atomic E-state index is -0.525. The number of hydrogen-bond acceptors (Lipinski definition) is 6. The lowest BCUT2D eigenvalue weighted by atomic mass is 10.2. The van der Waals surface area contributed by atoms with Crippen LogP contribution >= 0.6 is 11.6 Å². The number of hydrogen-bond donors (Lipinski definition) is 3. The van der Waals surface area contributed by atoms with E-state index in [9.17, 15) is 9.59 Å². The van der Waals surface area contributed by atoms with Crippen LogP contribution in [-0.4, -0.2) is 32.6 Å². The van der Waals surface area contributed by atoms with Crippen molar-refractivity contribution >= 4 is 52.3 Å². The number of amides is 2. The lowest BCUT2D eigenvalue weighted by Crippen LogP contribution is -2.38. The summed E-state index contributed by atoms with van der Waals surface area (Å²) in [5, 5.41) is 2.70. The van der Waals surface area contributed by atoms with Gasteiger partial charge >= 0.3 is 0 Å². The average molecular weight is 430 g/mol. The topological polar surface area (TPSA) is 145 Å². The second-order valence-electron chi connectivity index (χ2n) is 6.43. The molecule has 1 aromatic carbocycles. The van der Waals surface area contributed by atoms with Crippen molar-refractivity contribution in [3.63, 3.8) is 0 Å². The Labute approximate surface area is 177 Å². The van der Waals surface area contributed by atoms with Crippen molar-refractivity contribution in [2.45, 2.75) is 26.9 Å². The van der Waals surface area contributed by atoms with Gasteiger partial charge in [0.2, 0.25) is 0 Å². The van der Waals surface area contributed by atoms with E-state index in [-0.39, 0.29) is 34.9 Å². The van der Waals surface area contributed by atoms with Crippen LogP contribution in [0.2, 0.25) is 5.15 Å². The fraction of sp³-hybridized carbons (Fsp3) is 0.263. The Morgan fingerprint density at radius 3 is 2.70 bits per heavy atom. The molecule has 2 aromatic heterocycles. The van der Waals surface area contributed by atoms with Crippen LogP contribution in [0.4, 0.5) is 11.6 Å². The number of halogens is 1. The van der Waals surface area contributed by atoms with Crippen molar-refractivity contribution in [2.75, 3.05) is 11.5 Å².